The van der Waals surface area contributed by atoms with E-state index in [9.17, 15) is 5.26 Å². The summed E-state index contributed by atoms with van der Waals surface area (Å²) in [5.41, 5.74) is 0.858. The minimum Gasteiger partial charge on any atom is -0.454 e. The van der Waals surface area contributed by atoms with Gasteiger partial charge in [0, 0.05) is 6.54 Å². The van der Waals surface area contributed by atoms with E-state index in [0.717, 1.165) is 5.56 Å². The maximum atomic E-state index is 9.31. The Hall–Kier alpha value is -1.77. The van der Waals surface area contributed by atoms with Crippen LogP contribution in [0.5, 0.6) is 11.5 Å². The van der Waals surface area contributed by atoms with E-state index in [4.69, 9.17) is 14.6 Å². The number of aliphatic hydroxyl groups excluding tert-OH is 1. The van der Waals surface area contributed by atoms with Crippen molar-refractivity contribution >= 4 is 0 Å². The van der Waals surface area contributed by atoms with Crippen molar-refractivity contribution in [3.05, 3.63) is 23.8 Å². The molecule has 1 heterocycles. The summed E-state index contributed by atoms with van der Waals surface area (Å²) < 4.78 is 10.5. The van der Waals surface area contributed by atoms with Crippen molar-refractivity contribution in [1.29, 1.82) is 5.26 Å². The number of rotatable bonds is 5. The van der Waals surface area contributed by atoms with Crippen LogP contribution in [0.1, 0.15) is 18.5 Å². The second-order valence-corrected chi connectivity index (χ2v) is 4.00. The van der Waals surface area contributed by atoms with Crippen LogP contribution in [0.15, 0.2) is 18.2 Å². The fraction of sp³-hybridized carbons (Fsp3) is 0.462. The molecule has 1 aliphatic heterocycles. The lowest BCUT2D eigenvalue weighted by Gasteiger charge is -2.25. The summed E-state index contributed by atoms with van der Waals surface area (Å²) in [4.78, 5) is 1.91. The number of likely N-dealkylation sites (N-methyl/N-ethyl adjacent to an activating group) is 1. The average molecular weight is 248 g/mol. The van der Waals surface area contributed by atoms with Gasteiger partial charge < -0.3 is 14.6 Å². The zero-order valence-electron chi connectivity index (χ0n) is 10.3. The van der Waals surface area contributed by atoms with E-state index in [0.29, 0.717) is 24.6 Å². The van der Waals surface area contributed by atoms with Gasteiger partial charge in [-0.2, -0.15) is 5.26 Å². The second-order valence-electron chi connectivity index (χ2n) is 4.00. The number of hydrogen-bond acceptors (Lipinski definition) is 5. The lowest BCUT2D eigenvalue weighted by atomic mass is 10.1. The molecule has 0 amide bonds. The highest BCUT2D eigenvalue weighted by Gasteiger charge is 2.21. The van der Waals surface area contributed by atoms with Crippen molar-refractivity contribution in [2.75, 3.05) is 26.5 Å². The Bertz CT molecular complexity index is 456. The Balaban J connectivity index is 2.25. The van der Waals surface area contributed by atoms with Gasteiger partial charge in [-0.1, -0.05) is 13.0 Å². The highest BCUT2D eigenvalue weighted by atomic mass is 16.7. The maximum Gasteiger partial charge on any atom is 0.231 e. The summed E-state index contributed by atoms with van der Waals surface area (Å²) in [6.07, 6.45) is 0. The SMILES string of the molecule is CCN(CCO)C(C#N)c1ccc2c(c1)OCO2. The van der Waals surface area contributed by atoms with Crippen molar-refractivity contribution < 1.29 is 14.6 Å². The first-order valence-corrected chi connectivity index (χ1v) is 5.94. The molecular formula is C13H16N2O3. The van der Waals surface area contributed by atoms with E-state index in [1.807, 2.05) is 30.0 Å². The van der Waals surface area contributed by atoms with Crippen LogP contribution < -0.4 is 9.47 Å². The molecule has 0 saturated carbocycles. The number of benzene rings is 1. The average Bonchev–Trinajstić information content (AvgIpc) is 2.86. The van der Waals surface area contributed by atoms with Gasteiger partial charge in [-0.3, -0.25) is 4.90 Å². The van der Waals surface area contributed by atoms with Gasteiger partial charge in [0.1, 0.15) is 6.04 Å². The lowest BCUT2D eigenvalue weighted by molar-refractivity contribution is 0.173. The summed E-state index contributed by atoms with van der Waals surface area (Å²) in [5, 5.41) is 18.3. The van der Waals surface area contributed by atoms with E-state index < -0.39 is 0 Å². The van der Waals surface area contributed by atoms with Crippen LogP contribution in [0.2, 0.25) is 0 Å². The molecule has 18 heavy (non-hydrogen) atoms. The van der Waals surface area contributed by atoms with E-state index in [-0.39, 0.29) is 19.4 Å². The largest absolute Gasteiger partial charge is 0.454 e. The van der Waals surface area contributed by atoms with Crippen LogP contribution in [0.3, 0.4) is 0 Å². The molecule has 0 radical (unpaired) electrons. The summed E-state index contributed by atoms with van der Waals surface area (Å²) in [5.74, 6) is 1.38. The third kappa shape index (κ3) is 2.40. The smallest absolute Gasteiger partial charge is 0.231 e. The summed E-state index contributed by atoms with van der Waals surface area (Å²) in [6, 6.07) is 7.39. The van der Waals surface area contributed by atoms with Crippen LogP contribution in [-0.2, 0) is 0 Å². The fourth-order valence-corrected chi connectivity index (χ4v) is 2.05. The number of hydrogen-bond donors (Lipinski definition) is 1. The molecule has 1 aromatic carbocycles. The molecule has 5 heteroatoms. The van der Waals surface area contributed by atoms with Crippen molar-refractivity contribution in [2.45, 2.75) is 13.0 Å². The summed E-state index contributed by atoms with van der Waals surface area (Å²) in [6.45, 7) is 3.41. The van der Waals surface area contributed by atoms with Crippen LogP contribution in [-0.4, -0.2) is 36.5 Å². The Labute approximate surface area is 106 Å². The molecule has 0 bridgehead atoms. The normalized spacial score (nSPS) is 14.6. The molecular weight excluding hydrogens is 232 g/mol. The predicted octanol–water partition coefficient (Wildman–Crippen LogP) is 1.29. The molecule has 1 aromatic rings. The van der Waals surface area contributed by atoms with Gasteiger partial charge in [-0.15, -0.1) is 0 Å². The molecule has 0 spiro atoms. The van der Waals surface area contributed by atoms with Gasteiger partial charge in [0.15, 0.2) is 11.5 Å². The minimum absolute atomic E-state index is 0.0383. The topological polar surface area (TPSA) is 65.7 Å². The maximum absolute atomic E-state index is 9.31. The van der Waals surface area contributed by atoms with E-state index >= 15 is 0 Å². The first-order chi connectivity index (χ1) is 8.80. The van der Waals surface area contributed by atoms with E-state index in [1.165, 1.54) is 0 Å². The number of nitriles is 1. The first-order valence-electron chi connectivity index (χ1n) is 5.94. The quantitative estimate of drug-likeness (QED) is 0.850. The predicted molar refractivity (Wildman–Crippen MR) is 65.3 cm³/mol. The highest BCUT2D eigenvalue weighted by Crippen LogP contribution is 2.35. The Morgan fingerprint density at radius 2 is 2.22 bits per heavy atom. The molecule has 96 valence electrons. The van der Waals surface area contributed by atoms with Crippen LogP contribution >= 0.6 is 0 Å². The third-order valence-electron chi connectivity index (χ3n) is 2.99. The standard InChI is InChI=1S/C13H16N2O3/c1-2-15(5-6-16)11(8-14)10-3-4-12-13(7-10)18-9-17-12/h3-4,7,11,16H,2,5-6,9H2,1H3. The summed E-state index contributed by atoms with van der Waals surface area (Å²) >= 11 is 0. The van der Waals surface area contributed by atoms with E-state index in [2.05, 4.69) is 6.07 Å². The number of fused-ring (bicyclic) bond motifs is 1. The monoisotopic (exact) mass is 248 g/mol. The number of nitrogens with zero attached hydrogens (tertiary/aromatic N) is 2. The van der Waals surface area contributed by atoms with Gasteiger partial charge in [-0.25, -0.2) is 0 Å². The highest BCUT2D eigenvalue weighted by molar-refractivity contribution is 5.46. The Morgan fingerprint density at radius 1 is 1.44 bits per heavy atom. The van der Waals surface area contributed by atoms with Crippen molar-refractivity contribution in [1.82, 2.24) is 4.90 Å². The molecule has 0 fully saturated rings. The van der Waals surface area contributed by atoms with Crippen LogP contribution in [0.25, 0.3) is 0 Å². The molecule has 0 aromatic heterocycles. The molecule has 5 nitrogen and oxygen atoms in total. The minimum atomic E-state index is -0.378. The van der Waals surface area contributed by atoms with Crippen LogP contribution in [0, 0.1) is 11.3 Å². The van der Waals surface area contributed by atoms with Gasteiger partial charge >= 0.3 is 0 Å². The van der Waals surface area contributed by atoms with Crippen molar-refractivity contribution in [3.63, 3.8) is 0 Å². The van der Waals surface area contributed by atoms with Gasteiger partial charge in [0.25, 0.3) is 0 Å². The Kier molecular flexibility index (Phi) is 4.03. The van der Waals surface area contributed by atoms with Gasteiger partial charge in [0.2, 0.25) is 6.79 Å². The molecule has 1 aliphatic rings. The number of ether oxygens (including phenoxy) is 2. The zero-order valence-corrected chi connectivity index (χ0v) is 10.3. The van der Waals surface area contributed by atoms with E-state index in [1.54, 1.807) is 0 Å². The van der Waals surface area contributed by atoms with Crippen LogP contribution in [0.4, 0.5) is 0 Å². The number of aliphatic hydroxyl groups is 1. The zero-order chi connectivity index (χ0) is 13.0. The molecule has 1 unspecified atom stereocenters. The van der Waals surface area contributed by atoms with Crippen molar-refractivity contribution in [2.24, 2.45) is 0 Å². The second kappa shape index (κ2) is 5.71. The van der Waals surface area contributed by atoms with Crippen molar-refractivity contribution in [3.8, 4) is 17.6 Å². The molecule has 0 aliphatic carbocycles. The fourth-order valence-electron chi connectivity index (χ4n) is 2.05. The molecule has 1 atom stereocenters. The lowest BCUT2D eigenvalue weighted by Crippen LogP contribution is -2.30. The first kappa shape index (κ1) is 12.7. The summed E-state index contributed by atoms with van der Waals surface area (Å²) in [7, 11) is 0. The van der Waals surface area contributed by atoms with Gasteiger partial charge in [-0.05, 0) is 24.2 Å². The Morgan fingerprint density at radius 3 is 2.89 bits per heavy atom. The molecule has 0 saturated heterocycles. The third-order valence-corrected chi connectivity index (χ3v) is 2.99. The molecule has 2 rings (SSSR count). The van der Waals surface area contributed by atoms with Gasteiger partial charge in [0.05, 0.1) is 12.7 Å². The molecule has 1 N–H and O–H groups in total.